The normalized spacial score (nSPS) is 11.1. The zero-order valence-electron chi connectivity index (χ0n) is 5.17. The summed E-state index contributed by atoms with van der Waals surface area (Å²) in [6.07, 6.45) is 0. The van der Waals surface area contributed by atoms with Crippen molar-refractivity contribution < 1.29 is 31.0 Å². The molecule has 0 saturated carbocycles. The van der Waals surface area contributed by atoms with Gasteiger partial charge in [0.05, 0.1) is 0 Å². The minimum absolute atomic E-state index is 0. The molecule has 11 heavy (non-hydrogen) atoms. The van der Waals surface area contributed by atoms with Gasteiger partial charge < -0.3 is 12.3 Å². The molecule has 0 aliphatic carbocycles. The first kappa shape index (κ1) is 17.0. The summed E-state index contributed by atoms with van der Waals surface area (Å²) in [5.41, 5.74) is 0. The summed E-state index contributed by atoms with van der Waals surface area (Å²) in [6.45, 7) is 0. The average Bonchev–Trinajstić information content (AvgIpc) is 1.64. The molecule has 9 nitrogen and oxygen atoms in total. The molecular formula is H8N2O7S2. The maximum Gasteiger partial charge on any atom is 0.425 e. The van der Waals surface area contributed by atoms with Crippen LogP contribution in [0.5, 0.6) is 0 Å². The molecule has 0 fully saturated rings. The van der Waals surface area contributed by atoms with Gasteiger partial charge in [-0.3, -0.25) is 4.55 Å². The van der Waals surface area contributed by atoms with Gasteiger partial charge in [0.25, 0.3) is 0 Å². The van der Waals surface area contributed by atoms with Gasteiger partial charge in [0.2, 0.25) is 0 Å². The molecule has 11 heteroatoms. The summed E-state index contributed by atoms with van der Waals surface area (Å²) in [5.74, 6) is 0. The van der Waals surface area contributed by atoms with Gasteiger partial charge in [-0.1, -0.05) is 4.33 Å². The Hall–Kier alpha value is -0.300. The fourth-order valence-electron chi connectivity index (χ4n) is 0.0385. The van der Waals surface area contributed by atoms with E-state index in [1.165, 1.54) is 0 Å². The number of rotatable bonds is 2. The quantitative estimate of drug-likeness (QED) is 0.191. The van der Waals surface area contributed by atoms with E-state index in [1.54, 1.807) is 0 Å². The van der Waals surface area contributed by atoms with Crippen molar-refractivity contribution in [1.82, 2.24) is 12.3 Å². The van der Waals surface area contributed by atoms with Gasteiger partial charge in [-0.05, 0) is 0 Å². The smallest absolute Gasteiger partial charge is 0.344 e. The lowest BCUT2D eigenvalue weighted by atomic mass is 14.0. The van der Waals surface area contributed by atoms with Gasteiger partial charge in [-0.2, -0.15) is 16.8 Å². The molecule has 0 aromatic heterocycles. The lowest BCUT2D eigenvalue weighted by molar-refractivity contribution is -0.127. The van der Waals surface area contributed by atoms with E-state index >= 15 is 0 Å². The van der Waals surface area contributed by atoms with Crippen molar-refractivity contribution in [3.05, 3.63) is 0 Å². The maximum atomic E-state index is 9.71. The monoisotopic (exact) mass is 212 g/mol. The van der Waals surface area contributed by atoms with E-state index in [-0.39, 0.29) is 12.3 Å². The Bertz CT molecular complexity index is 270. The zero-order chi connectivity index (χ0) is 7.71. The third kappa shape index (κ3) is 4.20. The first-order valence-corrected chi connectivity index (χ1v) is 4.73. The summed E-state index contributed by atoms with van der Waals surface area (Å²) in [5, 5.41) is 7.30. The molecule has 0 aromatic rings. The molecule has 0 heterocycles. The molecule has 72 valence electrons. The second kappa shape index (κ2) is 4.55. The van der Waals surface area contributed by atoms with E-state index < -0.39 is 18.3 Å². The Morgan fingerprint density at radius 2 is 1.27 bits per heavy atom. The molecule has 0 spiro atoms. The van der Waals surface area contributed by atoms with Gasteiger partial charge in [-0.25, -0.2) is 5.26 Å². The second-order valence-electron chi connectivity index (χ2n) is 0.911. The predicted octanol–water partition coefficient (Wildman–Crippen LogP) is -1.07. The Morgan fingerprint density at radius 1 is 1.00 bits per heavy atom. The maximum absolute atomic E-state index is 9.71. The van der Waals surface area contributed by atoms with Crippen LogP contribution in [-0.2, 0) is 22.6 Å². The van der Waals surface area contributed by atoms with Crippen molar-refractivity contribution >= 4 is 18.3 Å². The lowest BCUT2D eigenvalue weighted by Crippen LogP contribution is -2.15. The van der Waals surface area contributed by atoms with Crippen LogP contribution >= 0.6 is 0 Å². The van der Waals surface area contributed by atoms with Gasteiger partial charge >= 0.3 is 18.3 Å². The summed E-state index contributed by atoms with van der Waals surface area (Å²) < 4.78 is 48.6. The highest BCUT2D eigenvalue weighted by Crippen LogP contribution is 1.97. The molecule has 0 saturated heterocycles. The standard InChI is InChI=1S/2H3N.H2O7S2/c;;1-7-9(5,6)8(2,3)4/h2*1H3;1H,(H,2,3,4). The molecule has 0 bridgehead atoms. The van der Waals surface area contributed by atoms with Crippen LogP contribution in [0.3, 0.4) is 0 Å². The van der Waals surface area contributed by atoms with Crippen molar-refractivity contribution in [1.29, 1.82) is 0 Å². The summed E-state index contributed by atoms with van der Waals surface area (Å²) in [6, 6.07) is 0. The second-order valence-corrected chi connectivity index (χ2v) is 5.22. The molecule has 0 amide bonds. The average molecular weight is 212 g/mol. The largest absolute Gasteiger partial charge is 0.425 e. The SMILES string of the molecule is N.N.O=S(=O)(O)S(=O)(=O)OO. The minimum atomic E-state index is -5.35. The third-order valence-corrected chi connectivity index (χ3v) is 2.78. The fourth-order valence-corrected chi connectivity index (χ4v) is 0.346. The van der Waals surface area contributed by atoms with E-state index in [9.17, 15) is 16.8 Å². The van der Waals surface area contributed by atoms with Crippen LogP contribution < -0.4 is 12.3 Å². The van der Waals surface area contributed by atoms with E-state index in [0.29, 0.717) is 0 Å². The third-order valence-electron chi connectivity index (χ3n) is 0.349. The van der Waals surface area contributed by atoms with Crippen molar-refractivity contribution in [2.75, 3.05) is 0 Å². The predicted molar refractivity (Wildman–Crippen MR) is 34.2 cm³/mol. The molecular weight excluding hydrogens is 204 g/mol. The van der Waals surface area contributed by atoms with E-state index in [1.807, 2.05) is 0 Å². The minimum Gasteiger partial charge on any atom is -0.344 e. The molecule has 0 aliphatic rings. The van der Waals surface area contributed by atoms with Crippen molar-refractivity contribution in [3.8, 4) is 0 Å². The van der Waals surface area contributed by atoms with Crippen molar-refractivity contribution in [2.45, 2.75) is 0 Å². The Balaban J connectivity index is -0.000000320. The highest BCUT2D eigenvalue weighted by molar-refractivity contribution is 8.62. The van der Waals surface area contributed by atoms with Crippen LogP contribution in [0.25, 0.3) is 0 Å². The van der Waals surface area contributed by atoms with Crippen LogP contribution in [0, 0.1) is 0 Å². The molecule has 0 atom stereocenters. The van der Waals surface area contributed by atoms with Crippen molar-refractivity contribution in [3.63, 3.8) is 0 Å². The highest BCUT2D eigenvalue weighted by atomic mass is 33.2. The number of hydrogen-bond acceptors (Lipinski definition) is 8. The van der Waals surface area contributed by atoms with Crippen LogP contribution in [0.15, 0.2) is 0 Å². The molecule has 8 N–H and O–H groups in total. The van der Waals surface area contributed by atoms with Crippen LogP contribution in [0.4, 0.5) is 0 Å². The van der Waals surface area contributed by atoms with Crippen molar-refractivity contribution in [2.24, 2.45) is 0 Å². The van der Waals surface area contributed by atoms with Gasteiger partial charge in [0, 0.05) is 0 Å². The van der Waals surface area contributed by atoms with E-state index in [4.69, 9.17) is 9.81 Å². The first-order valence-electron chi connectivity index (χ1n) is 1.37. The Labute approximate surface area is 62.3 Å². The summed E-state index contributed by atoms with van der Waals surface area (Å²) in [4.78, 5) is 0. The van der Waals surface area contributed by atoms with Crippen LogP contribution in [0.1, 0.15) is 0 Å². The molecule has 0 radical (unpaired) electrons. The van der Waals surface area contributed by atoms with Crippen LogP contribution in [0.2, 0.25) is 0 Å². The number of hydrogen-bond donors (Lipinski definition) is 4. The van der Waals surface area contributed by atoms with Gasteiger partial charge in [-0.15, -0.1) is 0 Å². The molecule has 0 unspecified atom stereocenters. The van der Waals surface area contributed by atoms with Gasteiger partial charge in [0.1, 0.15) is 0 Å². The zero-order valence-corrected chi connectivity index (χ0v) is 6.80. The molecule has 0 aromatic carbocycles. The summed E-state index contributed by atoms with van der Waals surface area (Å²) in [7, 11) is -10.6. The Morgan fingerprint density at radius 3 is 1.27 bits per heavy atom. The van der Waals surface area contributed by atoms with Crippen LogP contribution in [-0.4, -0.2) is 26.6 Å². The topological polar surface area (TPSA) is 188 Å². The van der Waals surface area contributed by atoms with E-state index in [2.05, 4.69) is 4.33 Å². The first-order chi connectivity index (χ1) is 3.81. The molecule has 0 rings (SSSR count). The van der Waals surface area contributed by atoms with Gasteiger partial charge in [0.15, 0.2) is 0 Å². The summed E-state index contributed by atoms with van der Waals surface area (Å²) >= 11 is 0. The lowest BCUT2D eigenvalue weighted by Gasteiger charge is -1.90. The molecule has 0 aliphatic heterocycles. The fraction of sp³-hybridized carbons (Fsp3) is 0. The Kier molecular flexibility index (Phi) is 7.03. The van der Waals surface area contributed by atoms with E-state index in [0.717, 1.165) is 0 Å². The highest BCUT2D eigenvalue weighted by Gasteiger charge is 2.28.